The van der Waals surface area contributed by atoms with Crippen molar-refractivity contribution in [2.24, 2.45) is 0 Å². The van der Waals surface area contributed by atoms with Crippen molar-refractivity contribution in [3.8, 4) is 0 Å². The van der Waals surface area contributed by atoms with E-state index in [2.05, 4.69) is 14.9 Å². The van der Waals surface area contributed by atoms with Crippen LogP contribution in [0.1, 0.15) is 18.3 Å². The number of anilines is 1. The van der Waals surface area contributed by atoms with Gasteiger partial charge in [0.15, 0.2) is 0 Å². The van der Waals surface area contributed by atoms with Crippen LogP contribution in [0.5, 0.6) is 0 Å². The summed E-state index contributed by atoms with van der Waals surface area (Å²) in [6, 6.07) is 5.23. The van der Waals surface area contributed by atoms with Crippen molar-refractivity contribution in [3.63, 3.8) is 0 Å². The summed E-state index contributed by atoms with van der Waals surface area (Å²) in [6.45, 7) is 5.21. The number of hydrogen-bond acceptors (Lipinski definition) is 5. The Kier molecular flexibility index (Phi) is 3.53. The maximum Gasteiger partial charge on any atom is 0.251 e. The molecule has 0 spiro atoms. The van der Waals surface area contributed by atoms with E-state index in [9.17, 15) is 4.79 Å². The van der Waals surface area contributed by atoms with Crippen LogP contribution in [0.4, 0.5) is 5.00 Å². The van der Waals surface area contributed by atoms with E-state index in [1.54, 1.807) is 16.7 Å². The first kappa shape index (κ1) is 11.8. The topological polar surface area (TPSA) is 59.8 Å². The average molecular weight is 250 g/mol. The summed E-state index contributed by atoms with van der Waals surface area (Å²) in [5, 5.41) is 8.19. The molecule has 17 heavy (non-hydrogen) atoms. The maximum absolute atomic E-state index is 11.7. The predicted octanol–water partition coefficient (Wildman–Crippen LogP) is 1.49. The van der Waals surface area contributed by atoms with Crippen LogP contribution in [-0.4, -0.2) is 20.7 Å². The van der Waals surface area contributed by atoms with Gasteiger partial charge in [0.1, 0.15) is 10.7 Å². The molecule has 2 heterocycles. The zero-order valence-corrected chi connectivity index (χ0v) is 10.6. The number of pyridine rings is 1. The molecule has 1 N–H and O–H groups in total. The van der Waals surface area contributed by atoms with Crippen molar-refractivity contribution >= 4 is 16.5 Å². The summed E-state index contributed by atoms with van der Waals surface area (Å²) < 4.78 is 5.60. The fourth-order valence-electron chi connectivity index (χ4n) is 1.58. The molecule has 0 amide bonds. The Labute approximate surface area is 103 Å². The third-order valence-electron chi connectivity index (χ3n) is 2.47. The highest BCUT2D eigenvalue weighted by atomic mass is 32.1. The second-order valence-electron chi connectivity index (χ2n) is 3.67. The van der Waals surface area contributed by atoms with Crippen molar-refractivity contribution in [1.82, 2.24) is 14.2 Å². The van der Waals surface area contributed by atoms with E-state index in [0.29, 0.717) is 6.54 Å². The summed E-state index contributed by atoms with van der Waals surface area (Å²) >= 11 is 1.32. The Bertz CT molecular complexity index is 561. The van der Waals surface area contributed by atoms with Crippen LogP contribution in [0.3, 0.4) is 0 Å². The molecule has 0 saturated heterocycles. The first-order chi connectivity index (χ1) is 8.22. The molecule has 0 aromatic carbocycles. The van der Waals surface area contributed by atoms with Gasteiger partial charge in [0.2, 0.25) is 0 Å². The van der Waals surface area contributed by atoms with Crippen LogP contribution < -0.4 is 10.9 Å². The van der Waals surface area contributed by atoms with Gasteiger partial charge >= 0.3 is 0 Å². The lowest BCUT2D eigenvalue weighted by molar-refractivity contribution is 0.710. The fourth-order valence-corrected chi connectivity index (χ4v) is 2.22. The summed E-state index contributed by atoms with van der Waals surface area (Å²) in [6.07, 6.45) is 0. The SMILES string of the molecule is CCNc1snnc1Cn1c(C)cccc1=O. The highest BCUT2D eigenvalue weighted by molar-refractivity contribution is 7.10. The van der Waals surface area contributed by atoms with E-state index in [1.165, 1.54) is 11.5 Å². The predicted molar refractivity (Wildman–Crippen MR) is 68.6 cm³/mol. The highest BCUT2D eigenvalue weighted by Gasteiger charge is 2.09. The first-order valence-electron chi connectivity index (χ1n) is 5.44. The Balaban J connectivity index is 2.32. The maximum atomic E-state index is 11.7. The number of hydrogen-bond donors (Lipinski definition) is 1. The van der Waals surface area contributed by atoms with Gasteiger partial charge in [-0.1, -0.05) is 10.6 Å². The molecule has 0 fully saturated rings. The molecular weight excluding hydrogens is 236 g/mol. The molecule has 0 aliphatic heterocycles. The van der Waals surface area contributed by atoms with E-state index >= 15 is 0 Å². The molecule has 0 radical (unpaired) electrons. The van der Waals surface area contributed by atoms with Gasteiger partial charge in [-0.2, -0.15) is 0 Å². The number of aromatic nitrogens is 3. The van der Waals surface area contributed by atoms with Crippen LogP contribution >= 0.6 is 11.5 Å². The molecule has 0 aliphatic rings. The Morgan fingerprint density at radius 3 is 3.00 bits per heavy atom. The summed E-state index contributed by atoms with van der Waals surface area (Å²) in [5.74, 6) is 0. The number of nitrogens with one attached hydrogen (secondary N) is 1. The Morgan fingerprint density at radius 1 is 1.47 bits per heavy atom. The molecule has 0 aliphatic carbocycles. The van der Waals surface area contributed by atoms with Crippen molar-refractivity contribution in [3.05, 3.63) is 39.9 Å². The molecule has 0 saturated carbocycles. The third-order valence-corrected chi connectivity index (χ3v) is 3.19. The molecule has 2 aromatic heterocycles. The third kappa shape index (κ3) is 2.52. The van der Waals surface area contributed by atoms with E-state index in [4.69, 9.17) is 0 Å². The van der Waals surface area contributed by atoms with Crippen molar-refractivity contribution in [1.29, 1.82) is 0 Å². The summed E-state index contributed by atoms with van der Waals surface area (Å²) in [4.78, 5) is 11.7. The second kappa shape index (κ2) is 5.09. The van der Waals surface area contributed by atoms with E-state index in [1.807, 2.05) is 19.9 Å². The summed E-state index contributed by atoms with van der Waals surface area (Å²) in [7, 11) is 0. The number of nitrogens with zero attached hydrogens (tertiary/aromatic N) is 3. The molecule has 2 aromatic rings. The van der Waals surface area contributed by atoms with Crippen molar-refractivity contribution < 1.29 is 0 Å². The van der Waals surface area contributed by atoms with Gasteiger partial charge < -0.3 is 9.88 Å². The van der Waals surface area contributed by atoms with Gasteiger partial charge in [-0.25, -0.2) is 0 Å². The Hall–Kier alpha value is -1.69. The largest absolute Gasteiger partial charge is 0.374 e. The Morgan fingerprint density at radius 2 is 2.29 bits per heavy atom. The van der Waals surface area contributed by atoms with Gasteiger partial charge in [-0.3, -0.25) is 4.79 Å². The lowest BCUT2D eigenvalue weighted by Crippen LogP contribution is -2.22. The standard InChI is InChI=1S/C11H14N4OS/c1-3-12-11-9(13-14-17-11)7-15-8(2)5-4-6-10(15)16/h4-6,12H,3,7H2,1-2H3. The van der Waals surface area contributed by atoms with E-state index in [-0.39, 0.29) is 5.56 Å². The zero-order chi connectivity index (χ0) is 12.3. The lowest BCUT2D eigenvalue weighted by Gasteiger charge is -2.08. The number of aryl methyl sites for hydroxylation is 1. The van der Waals surface area contributed by atoms with Gasteiger partial charge in [0, 0.05) is 29.8 Å². The van der Waals surface area contributed by atoms with Gasteiger partial charge in [0.25, 0.3) is 5.56 Å². The lowest BCUT2D eigenvalue weighted by atomic mass is 10.3. The molecule has 0 atom stereocenters. The van der Waals surface area contributed by atoms with Gasteiger partial charge in [-0.15, -0.1) is 5.10 Å². The molecule has 6 heteroatoms. The monoisotopic (exact) mass is 250 g/mol. The first-order valence-corrected chi connectivity index (χ1v) is 6.21. The van der Waals surface area contributed by atoms with Crippen LogP contribution in [0.15, 0.2) is 23.0 Å². The van der Waals surface area contributed by atoms with Crippen LogP contribution in [0.25, 0.3) is 0 Å². The molecule has 90 valence electrons. The zero-order valence-electron chi connectivity index (χ0n) is 9.80. The van der Waals surface area contributed by atoms with E-state index in [0.717, 1.165) is 22.9 Å². The second-order valence-corrected chi connectivity index (χ2v) is 4.42. The smallest absolute Gasteiger partial charge is 0.251 e. The average Bonchev–Trinajstić information content (AvgIpc) is 2.72. The van der Waals surface area contributed by atoms with Crippen molar-refractivity contribution in [2.75, 3.05) is 11.9 Å². The number of rotatable bonds is 4. The van der Waals surface area contributed by atoms with Crippen LogP contribution in [0.2, 0.25) is 0 Å². The minimum Gasteiger partial charge on any atom is -0.374 e. The molecule has 0 bridgehead atoms. The van der Waals surface area contributed by atoms with Crippen LogP contribution in [0, 0.1) is 6.92 Å². The highest BCUT2D eigenvalue weighted by Crippen LogP contribution is 2.18. The fraction of sp³-hybridized carbons (Fsp3) is 0.364. The minimum atomic E-state index is -0.0135. The quantitative estimate of drug-likeness (QED) is 0.893. The molecule has 5 nitrogen and oxygen atoms in total. The molecule has 0 unspecified atom stereocenters. The van der Waals surface area contributed by atoms with Crippen LogP contribution in [-0.2, 0) is 6.54 Å². The minimum absolute atomic E-state index is 0.0135. The van der Waals surface area contributed by atoms with E-state index < -0.39 is 0 Å². The van der Waals surface area contributed by atoms with Gasteiger partial charge in [0.05, 0.1) is 6.54 Å². The normalized spacial score (nSPS) is 10.5. The molecular formula is C11H14N4OS. The summed E-state index contributed by atoms with van der Waals surface area (Å²) in [5.41, 5.74) is 1.72. The van der Waals surface area contributed by atoms with Gasteiger partial charge in [-0.05, 0) is 19.9 Å². The molecule has 2 rings (SSSR count). The van der Waals surface area contributed by atoms with Crippen molar-refractivity contribution in [2.45, 2.75) is 20.4 Å².